The third-order valence-corrected chi connectivity index (χ3v) is 4.22. The quantitative estimate of drug-likeness (QED) is 0.607. The second-order valence-electron chi connectivity index (χ2n) is 5.66. The summed E-state index contributed by atoms with van der Waals surface area (Å²) in [7, 11) is 0. The lowest BCUT2D eigenvalue weighted by Crippen LogP contribution is -2.07. The van der Waals surface area contributed by atoms with Crippen LogP contribution in [0.3, 0.4) is 0 Å². The highest BCUT2D eigenvalue weighted by atomic mass is 79.9. The topological polar surface area (TPSA) is 77.1 Å². The Bertz CT molecular complexity index is 907. The molecule has 0 saturated carbocycles. The lowest BCUT2D eigenvalue weighted by Gasteiger charge is -2.11. The summed E-state index contributed by atoms with van der Waals surface area (Å²) in [5.74, 6) is 0.0777. The van der Waals surface area contributed by atoms with Crippen LogP contribution in [0.5, 0.6) is 5.75 Å². The van der Waals surface area contributed by atoms with E-state index in [0.29, 0.717) is 23.6 Å². The molecule has 0 fully saturated rings. The molecule has 0 aliphatic rings. The molecule has 6 nitrogen and oxygen atoms in total. The number of carbonyl (C=O) groups excluding carboxylic acids is 1. The largest absolute Gasteiger partial charge is 0.488 e. The highest BCUT2D eigenvalue weighted by molar-refractivity contribution is 9.10. The molecule has 0 unspecified atom stereocenters. The second-order valence-corrected chi connectivity index (χ2v) is 6.57. The van der Waals surface area contributed by atoms with Gasteiger partial charge in [-0.25, -0.2) is 4.79 Å². The van der Waals surface area contributed by atoms with Crippen LogP contribution >= 0.6 is 15.9 Å². The van der Waals surface area contributed by atoms with Crippen molar-refractivity contribution in [3.63, 3.8) is 0 Å². The SMILES string of the molecule is CCOC(=O)c1n[nH]nc1-c1cc(Br)ccc1OCc1ccc(C)cc1. The van der Waals surface area contributed by atoms with Gasteiger partial charge in [-0.2, -0.15) is 10.3 Å². The maximum absolute atomic E-state index is 12.1. The summed E-state index contributed by atoms with van der Waals surface area (Å²) in [6.07, 6.45) is 0. The molecule has 134 valence electrons. The minimum atomic E-state index is -0.527. The average Bonchev–Trinajstić information content (AvgIpc) is 3.12. The monoisotopic (exact) mass is 415 g/mol. The first-order chi connectivity index (χ1) is 12.6. The van der Waals surface area contributed by atoms with Crippen LogP contribution in [0.15, 0.2) is 46.9 Å². The van der Waals surface area contributed by atoms with Crippen molar-refractivity contribution in [3.8, 4) is 17.0 Å². The number of benzene rings is 2. The van der Waals surface area contributed by atoms with Crippen LogP contribution in [-0.2, 0) is 11.3 Å². The number of aromatic amines is 1. The molecule has 1 aromatic heterocycles. The summed E-state index contributed by atoms with van der Waals surface area (Å²) in [6.45, 7) is 4.45. The summed E-state index contributed by atoms with van der Waals surface area (Å²) < 4.78 is 11.9. The normalized spacial score (nSPS) is 10.6. The molecular weight excluding hydrogens is 398 g/mol. The minimum Gasteiger partial charge on any atom is -0.488 e. The Morgan fingerprint density at radius 3 is 2.65 bits per heavy atom. The molecular formula is C19H18BrN3O3. The number of esters is 1. The number of aromatic nitrogens is 3. The summed E-state index contributed by atoms with van der Waals surface area (Å²) in [5, 5.41) is 10.5. The fourth-order valence-corrected chi connectivity index (χ4v) is 2.78. The number of hydrogen-bond donors (Lipinski definition) is 1. The average molecular weight is 416 g/mol. The summed E-state index contributed by atoms with van der Waals surface area (Å²) in [6, 6.07) is 13.7. The van der Waals surface area contributed by atoms with E-state index in [1.807, 2.05) is 49.4 Å². The van der Waals surface area contributed by atoms with Crippen LogP contribution in [0.2, 0.25) is 0 Å². The second kappa shape index (κ2) is 8.14. The lowest BCUT2D eigenvalue weighted by molar-refractivity contribution is 0.0520. The molecule has 0 saturated heterocycles. The lowest BCUT2D eigenvalue weighted by atomic mass is 10.1. The van der Waals surface area contributed by atoms with Crippen molar-refractivity contribution in [2.45, 2.75) is 20.5 Å². The molecule has 0 aliphatic heterocycles. The first-order valence-corrected chi connectivity index (χ1v) is 8.94. The molecule has 0 amide bonds. The van der Waals surface area contributed by atoms with Crippen molar-refractivity contribution in [3.05, 3.63) is 63.8 Å². The molecule has 0 atom stereocenters. The van der Waals surface area contributed by atoms with Gasteiger partial charge in [0.05, 0.1) is 6.61 Å². The molecule has 2 aromatic carbocycles. The van der Waals surface area contributed by atoms with Gasteiger partial charge in [-0.3, -0.25) is 0 Å². The summed E-state index contributed by atoms with van der Waals surface area (Å²) in [5.41, 5.74) is 3.42. The maximum Gasteiger partial charge on any atom is 0.361 e. The van der Waals surface area contributed by atoms with Crippen LogP contribution < -0.4 is 4.74 Å². The number of aryl methyl sites for hydroxylation is 1. The number of carbonyl (C=O) groups is 1. The number of hydrogen-bond acceptors (Lipinski definition) is 5. The number of halogens is 1. The fraction of sp³-hybridized carbons (Fsp3) is 0.211. The van der Waals surface area contributed by atoms with Gasteiger partial charge in [0.2, 0.25) is 0 Å². The molecule has 0 bridgehead atoms. The van der Waals surface area contributed by atoms with Crippen molar-refractivity contribution in [1.29, 1.82) is 0 Å². The van der Waals surface area contributed by atoms with Crippen molar-refractivity contribution in [1.82, 2.24) is 15.4 Å². The number of rotatable bonds is 6. The molecule has 0 spiro atoms. The van der Waals surface area contributed by atoms with E-state index < -0.39 is 5.97 Å². The number of H-pyrrole nitrogens is 1. The molecule has 3 rings (SSSR count). The van der Waals surface area contributed by atoms with Crippen molar-refractivity contribution < 1.29 is 14.3 Å². The van der Waals surface area contributed by atoms with Gasteiger partial charge in [0.1, 0.15) is 18.1 Å². The van der Waals surface area contributed by atoms with Crippen LogP contribution in [0.25, 0.3) is 11.3 Å². The van der Waals surface area contributed by atoms with E-state index in [-0.39, 0.29) is 12.3 Å². The van der Waals surface area contributed by atoms with Crippen LogP contribution in [0.1, 0.15) is 28.5 Å². The van der Waals surface area contributed by atoms with Gasteiger partial charge in [0, 0.05) is 10.0 Å². The molecule has 1 N–H and O–H groups in total. The summed E-state index contributed by atoms with van der Waals surface area (Å²) >= 11 is 3.45. The Morgan fingerprint density at radius 1 is 1.15 bits per heavy atom. The highest BCUT2D eigenvalue weighted by Crippen LogP contribution is 2.33. The molecule has 0 radical (unpaired) electrons. The van der Waals surface area contributed by atoms with Crippen molar-refractivity contribution in [2.24, 2.45) is 0 Å². The molecule has 1 heterocycles. The summed E-state index contributed by atoms with van der Waals surface area (Å²) in [4.78, 5) is 12.1. The first kappa shape index (κ1) is 18.1. The van der Waals surface area contributed by atoms with Gasteiger partial charge in [0.15, 0.2) is 5.69 Å². The number of nitrogens with zero attached hydrogens (tertiary/aromatic N) is 2. The fourth-order valence-electron chi connectivity index (χ4n) is 2.42. The number of nitrogens with one attached hydrogen (secondary N) is 1. The Hall–Kier alpha value is -2.67. The van der Waals surface area contributed by atoms with Gasteiger partial charge in [-0.15, -0.1) is 5.10 Å². The molecule has 0 aliphatic carbocycles. The van der Waals surface area contributed by atoms with Gasteiger partial charge in [-0.1, -0.05) is 45.8 Å². The van der Waals surface area contributed by atoms with E-state index >= 15 is 0 Å². The zero-order valence-corrected chi connectivity index (χ0v) is 16.0. The van der Waals surface area contributed by atoms with E-state index in [9.17, 15) is 4.79 Å². The smallest absolute Gasteiger partial charge is 0.361 e. The Kier molecular flexibility index (Phi) is 5.68. The molecule has 26 heavy (non-hydrogen) atoms. The maximum atomic E-state index is 12.1. The zero-order chi connectivity index (χ0) is 18.5. The molecule has 7 heteroatoms. The van der Waals surface area contributed by atoms with Crippen LogP contribution in [-0.4, -0.2) is 28.0 Å². The van der Waals surface area contributed by atoms with E-state index in [0.717, 1.165) is 10.0 Å². The first-order valence-electron chi connectivity index (χ1n) is 8.14. The minimum absolute atomic E-state index is 0.130. The predicted molar refractivity (Wildman–Crippen MR) is 101 cm³/mol. The highest BCUT2D eigenvalue weighted by Gasteiger charge is 2.22. The molecule has 3 aromatic rings. The Labute approximate surface area is 159 Å². The standard InChI is InChI=1S/C19H18BrN3O3/c1-3-25-19(24)18-17(21-23-22-18)15-10-14(20)8-9-16(15)26-11-13-6-4-12(2)5-7-13/h4-10H,3,11H2,1-2H3,(H,21,22,23). The Balaban J connectivity index is 1.90. The van der Waals surface area contributed by atoms with Gasteiger partial charge in [0.25, 0.3) is 0 Å². The van der Waals surface area contributed by atoms with E-state index in [4.69, 9.17) is 9.47 Å². The number of ether oxygens (including phenoxy) is 2. The van der Waals surface area contributed by atoms with Crippen molar-refractivity contribution in [2.75, 3.05) is 6.61 Å². The van der Waals surface area contributed by atoms with E-state index in [1.165, 1.54) is 5.56 Å². The van der Waals surface area contributed by atoms with Crippen LogP contribution in [0.4, 0.5) is 0 Å². The van der Waals surface area contributed by atoms with Crippen molar-refractivity contribution >= 4 is 21.9 Å². The third-order valence-electron chi connectivity index (χ3n) is 3.73. The van der Waals surface area contributed by atoms with Gasteiger partial charge >= 0.3 is 5.97 Å². The Morgan fingerprint density at radius 2 is 1.92 bits per heavy atom. The third kappa shape index (κ3) is 4.11. The van der Waals surface area contributed by atoms with E-state index in [2.05, 4.69) is 31.3 Å². The van der Waals surface area contributed by atoms with Gasteiger partial charge < -0.3 is 9.47 Å². The van der Waals surface area contributed by atoms with Gasteiger partial charge in [-0.05, 0) is 37.6 Å². The zero-order valence-electron chi connectivity index (χ0n) is 14.5. The van der Waals surface area contributed by atoms with Crippen LogP contribution in [0, 0.1) is 6.92 Å². The van der Waals surface area contributed by atoms with E-state index in [1.54, 1.807) is 6.92 Å². The predicted octanol–water partition coefficient (Wildman–Crippen LogP) is 4.30.